The Morgan fingerprint density at radius 2 is 1.85 bits per heavy atom. The Labute approximate surface area is 193 Å². The molecule has 4 aromatic rings. The fraction of sp³-hybridized carbons (Fsp3) is 0.348. The predicted molar refractivity (Wildman–Crippen MR) is 124 cm³/mol. The summed E-state index contributed by atoms with van der Waals surface area (Å²) < 4.78 is 42.1. The van der Waals surface area contributed by atoms with E-state index in [2.05, 4.69) is 25.7 Å². The maximum Gasteiger partial charge on any atom is 0.433 e. The molecule has 0 saturated heterocycles. The third kappa shape index (κ3) is 4.55. The van der Waals surface area contributed by atoms with Crippen LogP contribution < -0.4 is 10.6 Å². The molecule has 5 rings (SSSR count). The lowest BCUT2D eigenvalue weighted by molar-refractivity contribution is -0.140. The number of halogens is 4. The van der Waals surface area contributed by atoms with Crippen molar-refractivity contribution >= 4 is 44.9 Å². The van der Waals surface area contributed by atoms with Gasteiger partial charge in [-0.25, -0.2) is 9.97 Å². The van der Waals surface area contributed by atoms with Crippen molar-refractivity contribution < 1.29 is 13.2 Å². The maximum atomic E-state index is 13.4. The number of rotatable bonds is 4. The van der Waals surface area contributed by atoms with Gasteiger partial charge in [-0.1, -0.05) is 11.6 Å². The van der Waals surface area contributed by atoms with Crippen molar-refractivity contribution in [1.82, 2.24) is 19.7 Å². The van der Waals surface area contributed by atoms with Crippen LogP contribution in [0.25, 0.3) is 21.8 Å². The van der Waals surface area contributed by atoms with Crippen molar-refractivity contribution in [3.8, 4) is 0 Å². The molecule has 0 bridgehead atoms. The van der Waals surface area contributed by atoms with Crippen molar-refractivity contribution in [2.45, 2.75) is 43.9 Å². The minimum atomic E-state index is -4.53. The molecule has 3 heterocycles. The molecule has 2 atom stereocenters. The molecule has 10 heteroatoms. The molecular weight excluding hydrogens is 453 g/mol. The number of aromatic nitrogens is 4. The molecule has 3 aromatic heterocycles. The molecule has 1 aliphatic carbocycles. The number of pyridine rings is 2. The minimum Gasteiger partial charge on any atom is -0.382 e. The van der Waals surface area contributed by atoms with Crippen molar-refractivity contribution in [2.75, 3.05) is 10.6 Å². The Balaban J connectivity index is 1.37. The van der Waals surface area contributed by atoms with Crippen molar-refractivity contribution in [1.29, 1.82) is 0 Å². The monoisotopic (exact) mass is 474 g/mol. The molecule has 1 fully saturated rings. The first-order valence-electron chi connectivity index (χ1n) is 10.7. The van der Waals surface area contributed by atoms with Crippen molar-refractivity contribution in [2.24, 2.45) is 7.05 Å². The Bertz CT molecular complexity index is 1320. The van der Waals surface area contributed by atoms with Gasteiger partial charge < -0.3 is 10.6 Å². The number of hydrogen-bond donors (Lipinski definition) is 2. The van der Waals surface area contributed by atoms with E-state index in [1.807, 2.05) is 13.1 Å². The van der Waals surface area contributed by atoms with E-state index in [4.69, 9.17) is 11.6 Å². The quantitative estimate of drug-likeness (QED) is 0.378. The van der Waals surface area contributed by atoms with Crippen LogP contribution in [0.4, 0.5) is 24.7 Å². The fourth-order valence-electron chi connectivity index (χ4n) is 4.47. The molecular formula is C23H22ClF3N6. The average molecular weight is 475 g/mol. The van der Waals surface area contributed by atoms with Crippen LogP contribution >= 0.6 is 11.6 Å². The zero-order valence-corrected chi connectivity index (χ0v) is 18.6. The number of alkyl halides is 3. The number of nitrogens with one attached hydrogen (secondary N) is 2. The lowest BCUT2D eigenvalue weighted by Crippen LogP contribution is -2.34. The average Bonchev–Trinajstić information content (AvgIpc) is 3.13. The fourth-order valence-corrected chi connectivity index (χ4v) is 4.64. The lowest BCUT2D eigenvalue weighted by atomic mass is 9.90. The number of benzene rings is 1. The highest BCUT2D eigenvalue weighted by atomic mass is 35.5. The van der Waals surface area contributed by atoms with Crippen LogP contribution in [-0.2, 0) is 13.2 Å². The van der Waals surface area contributed by atoms with Gasteiger partial charge in [0.05, 0.1) is 23.4 Å². The molecule has 2 N–H and O–H groups in total. The van der Waals surface area contributed by atoms with Crippen molar-refractivity contribution in [3.63, 3.8) is 0 Å². The lowest BCUT2D eigenvalue weighted by Gasteiger charge is -2.31. The maximum absolute atomic E-state index is 13.4. The Morgan fingerprint density at radius 3 is 2.64 bits per heavy atom. The summed E-state index contributed by atoms with van der Waals surface area (Å²) in [6, 6.07) is 7.91. The van der Waals surface area contributed by atoms with E-state index >= 15 is 0 Å². The first kappa shape index (κ1) is 21.8. The van der Waals surface area contributed by atoms with Crippen LogP contribution in [0.15, 0.2) is 42.7 Å². The highest BCUT2D eigenvalue weighted by Crippen LogP contribution is 2.35. The zero-order valence-electron chi connectivity index (χ0n) is 17.8. The van der Waals surface area contributed by atoms with Crippen LogP contribution in [0.1, 0.15) is 31.4 Å². The summed E-state index contributed by atoms with van der Waals surface area (Å²) in [6.07, 6.45) is 2.57. The third-order valence-electron chi connectivity index (χ3n) is 6.08. The van der Waals surface area contributed by atoms with Gasteiger partial charge in [0.2, 0.25) is 0 Å². The standard InChI is InChI=1S/C23H22ClF3N6/c1-33-20-12-28-22(7-13(20)11-29-33)31-16-4-2-3-15(9-16)30-19-10-21(23(25,26)27)32-18-6-5-14(24)8-17(18)19/h5-8,10-12,15-16H,2-4,9H2,1H3,(H,28,31)(H,30,32)/t15-,16+/m0/s1. The second-order valence-electron chi connectivity index (χ2n) is 8.46. The van der Waals surface area contributed by atoms with E-state index in [0.717, 1.165) is 48.5 Å². The second-order valence-corrected chi connectivity index (χ2v) is 8.90. The van der Waals surface area contributed by atoms with Gasteiger partial charge in [0.25, 0.3) is 0 Å². The molecule has 172 valence electrons. The smallest absolute Gasteiger partial charge is 0.382 e. The molecule has 1 saturated carbocycles. The SMILES string of the molecule is Cn1ncc2cc(N[C@@H]3CCC[C@H](Nc4cc(C(F)(F)F)nc5ccc(Cl)cc45)C3)ncc21. The van der Waals surface area contributed by atoms with Gasteiger partial charge in [0.1, 0.15) is 11.5 Å². The van der Waals surface area contributed by atoms with E-state index in [1.54, 1.807) is 29.2 Å². The molecule has 6 nitrogen and oxygen atoms in total. The molecule has 0 aliphatic heterocycles. The zero-order chi connectivity index (χ0) is 23.2. The normalized spacial score (nSPS) is 19.2. The molecule has 1 aromatic carbocycles. The topological polar surface area (TPSA) is 67.7 Å². The highest BCUT2D eigenvalue weighted by Gasteiger charge is 2.34. The van der Waals surface area contributed by atoms with Gasteiger partial charge >= 0.3 is 6.18 Å². The summed E-state index contributed by atoms with van der Waals surface area (Å²) in [5.41, 5.74) is 0.693. The molecule has 0 radical (unpaired) electrons. The van der Waals surface area contributed by atoms with Crippen LogP contribution in [-0.4, -0.2) is 31.8 Å². The first-order valence-corrected chi connectivity index (χ1v) is 11.1. The van der Waals surface area contributed by atoms with E-state index in [1.165, 1.54) is 6.07 Å². The summed E-state index contributed by atoms with van der Waals surface area (Å²) in [5, 5.41) is 13.1. The molecule has 0 amide bonds. The Morgan fingerprint density at radius 1 is 1.06 bits per heavy atom. The van der Waals surface area contributed by atoms with Gasteiger partial charge in [0.15, 0.2) is 0 Å². The van der Waals surface area contributed by atoms with Gasteiger partial charge in [-0.05, 0) is 56.0 Å². The molecule has 0 unspecified atom stereocenters. The van der Waals surface area contributed by atoms with Crippen molar-refractivity contribution in [3.05, 3.63) is 53.4 Å². The van der Waals surface area contributed by atoms with Crippen LogP contribution in [0.2, 0.25) is 5.02 Å². The van der Waals surface area contributed by atoms with Crippen LogP contribution in [0, 0.1) is 0 Å². The van der Waals surface area contributed by atoms with E-state index in [0.29, 0.717) is 16.1 Å². The van der Waals surface area contributed by atoms with E-state index in [9.17, 15) is 13.2 Å². The number of anilines is 2. The third-order valence-corrected chi connectivity index (χ3v) is 6.31. The largest absolute Gasteiger partial charge is 0.433 e. The highest BCUT2D eigenvalue weighted by molar-refractivity contribution is 6.31. The summed E-state index contributed by atoms with van der Waals surface area (Å²) in [5.74, 6) is 0.765. The molecule has 0 spiro atoms. The number of hydrogen-bond acceptors (Lipinski definition) is 5. The van der Waals surface area contributed by atoms with Crippen LogP contribution in [0.3, 0.4) is 0 Å². The van der Waals surface area contributed by atoms with E-state index < -0.39 is 11.9 Å². The Hall–Kier alpha value is -3.07. The van der Waals surface area contributed by atoms with E-state index in [-0.39, 0.29) is 17.6 Å². The minimum absolute atomic E-state index is 0.00374. The Kier molecular flexibility index (Phi) is 5.52. The second kappa shape index (κ2) is 8.37. The first-order chi connectivity index (χ1) is 15.8. The number of fused-ring (bicyclic) bond motifs is 2. The van der Waals surface area contributed by atoms with Crippen LogP contribution in [0.5, 0.6) is 0 Å². The summed E-state index contributed by atoms with van der Waals surface area (Å²) in [4.78, 5) is 8.28. The summed E-state index contributed by atoms with van der Waals surface area (Å²) in [7, 11) is 1.87. The summed E-state index contributed by atoms with van der Waals surface area (Å²) >= 11 is 6.12. The van der Waals surface area contributed by atoms with Gasteiger partial charge in [-0.15, -0.1) is 0 Å². The number of nitrogens with zero attached hydrogens (tertiary/aromatic N) is 4. The van der Waals surface area contributed by atoms with Gasteiger partial charge in [-0.3, -0.25) is 4.68 Å². The number of aryl methyl sites for hydroxylation is 1. The molecule has 1 aliphatic rings. The van der Waals surface area contributed by atoms with Gasteiger partial charge in [0, 0.05) is 40.6 Å². The summed E-state index contributed by atoms with van der Waals surface area (Å²) in [6.45, 7) is 0. The molecule has 33 heavy (non-hydrogen) atoms. The van der Waals surface area contributed by atoms with Gasteiger partial charge in [-0.2, -0.15) is 18.3 Å². The predicted octanol–water partition coefficient (Wildman–Crippen LogP) is 6.02.